The van der Waals surface area contributed by atoms with Gasteiger partial charge in [-0.2, -0.15) is 0 Å². The summed E-state index contributed by atoms with van der Waals surface area (Å²) in [6.45, 7) is 6.03. The lowest BCUT2D eigenvalue weighted by molar-refractivity contribution is 0.172. The molecule has 0 saturated carbocycles. The fraction of sp³-hybridized carbons (Fsp3) is 0.333. The summed E-state index contributed by atoms with van der Waals surface area (Å²) >= 11 is 3.08. The van der Waals surface area contributed by atoms with Gasteiger partial charge in [-0.15, -0.1) is 28.6 Å². The zero-order valence-corrected chi connectivity index (χ0v) is 14.9. The van der Waals surface area contributed by atoms with E-state index in [2.05, 4.69) is 23.7 Å². The van der Waals surface area contributed by atoms with Crippen molar-refractivity contribution in [2.45, 2.75) is 13.8 Å². The molecule has 2 aliphatic heterocycles. The first-order valence-corrected chi connectivity index (χ1v) is 9.17. The molecule has 2 aromatic heterocycles. The molecule has 6 heteroatoms. The van der Waals surface area contributed by atoms with Crippen LogP contribution in [0.3, 0.4) is 0 Å². The minimum atomic E-state index is 0.530. The molecule has 0 fully saturated rings. The van der Waals surface area contributed by atoms with Gasteiger partial charge in [-0.3, -0.25) is 0 Å². The van der Waals surface area contributed by atoms with E-state index in [0.717, 1.165) is 31.0 Å². The molecule has 4 rings (SSSR count). The van der Waals surface area contributed by atoms with Crippen LogP contribution in [0.5, 0.6) is 23.0 Å². The quantitative estimate of drug-likeness (QED) is 0.676. The number of ether oxygens (including phenoxy) is 4. The second-order valence-corrected chi connectivity index (χ2v) is 7.33. The highest BCUT2D eigenvalue weighted by atomic mass is 32.1. The SMILES string of the molecule is CC#Cc1sc(C#Cc2sc(C)c3c2OCCO3)c2c1OCCO2. The van der Waals surface area contributed by atoms with Crippen molar-refractivity contribution in [2.24, 2.45) is 0 Å². The minimum absolute atomic E-state index is 0.530. The predicted molar refractivity (Wildman–Crippen MR) is 93.9 cm³/mol. The third kappa shape index (κ3) is 2.58. The number of fused-ring (bicyclic) bond motifs is 2. The largest absolute Gasteiger partial charge is 0.485 e. The zero-order chi connectivity index (χ0) is 16.5. The van der Waals surface area contributed by atoms with Gasteiger partial charge in [0.2, 0.25) is 0 Å². The Morgan fingerprint density at radius 3 is 1.71 bits per heavy atom. The first-order valence-electron chi connectivity index (χ1n) is 7.54. The van der Waals surface area contributed by atoms with Gasteiger partial charge in [0.05, 0.1) is 0 Å². The molecule has 0 radical (unpaired) electrons. The van der Waals surface area contributed by atoms with Crippen LogP contribution in [0.4, 0.5) is 0 Å². The van der Waals surface area contributed by atoms with E-state index in [0.29, 0.717) is 37.9 Å². The lowest BCUT2D eigenvalue weighted by atomic mass is 10.3. The average Bonchev–Trinajstić information content (AvgIpc) is 3.13. The third-order valence-corrected chi connectivity index (χ3v) is 5.46. The molecule has 0 aliphatic carbocycles. The van der Waals surface area contributed by atoms with Gasteiger partial charge in [0.15, 0.2) is 23.0 Å². The molecule has 2 aromatic rings. The van der Waals surface area contributed by atoms with Crippen molar-refractivity contribution in [3.8, 4) is 46.7 Å². The fourth-order valence-electron chi connectivity index (χ4n) is 2.52. The number of aryl methyl sites for hydroxylation is 1. The van der Waals surface area contributed by atoms with Gasteiger partial charge in [-0.25, -0.2) is 0 Å². The second kappa shape index (κ2) is 6.32. The van der Waals surface area contributed by atoms with Crippen LogP contribution in [0, 0.1) is 30.6 Å². The fourth-order valence-corrected chi connectivity index (χ4v) is 4.36. The summed E-state index contributed by atoms with van der Waals surface area (Å²) in [6.07, 6.45) is 0. The molecule has 4 nitrogen and oxygen atoms in total. The minimum Gasteiger partial charge on any atom is -0.485 e. The highest BCUT2D eigenvalue weighted by molar-refractivity contribution is 7.14. The highest BCUT2D eigenvalue weighted by Crippen LogP contribution is 2.45. The van der Waals surface area contributed by atoms with Crippen LogP contribution in [0.25, 0.3) is 0 Å². The summed E-state index contributed by atoms with van der Waals surface area (Å²) in [4.78, 5) is 3.66. The van der Waals surface area contributed by atoms with E-state index in [4.69, 9.17) is 18.9 Å². The normalized spacial score (nSPS) is 14.2. The van der Waals surface area contributed by atoms with Crippen LogP contribution in [0.15, 0.2) is 0 Å². The molecular formula is C18H14O4S2. The Bertz CT molecular complexity index is 915. The molecule has 0 amide bonds. The molecule has 4 heterocycles. The third-order valence-electron chi connectivity index (χ3n) is 3.49. The predicted octanol–water partition coefficient (Wildman–Crippen LogP) is 3.43. The van der Waals surface area contributed by atoms with Crippen molar-refractivity contribution in [1.82, 2.24) is 0 Å². The molecule has 0 saturated heterocycles. The topological polar surface area (TPSA) is 36.9 Å². The van der Waals surface area contributed by atoms with Gasteiger partial charge >= 0.3 is 0 Å². The Labute approximate surface area is 148 Å². The molecule has 122 valence electrons. The first kappa shape index (κ1) is 15.3. The van der Waals surface area contributed by atoms with Crippen LogP contribution in [0.2, 0.25) is 0 Å². The lowest BCUT2D eigenvalue weighted by Gasteiger charge is -2.15. The van der Waals surface area contributed by atoms with Crippen LogP contribution in [0.1, 0.15) is 26.4 Å². The van der Waals surface area contributed by atoms with Crippen LogP contribution < -0.4 is 18.9 Å². The second-order valence-electron chi connectivity index (χ2n) is 5.08. The van der Waals surface area contributed by atoms with Gasteiger partial charge in [0, 0.05) is 4.88 Å². The van der Waals surface area contributed by atoms with Gasteiger partial charge < -0.3 is 18.9 Å². The average molecular weight is 358 g/mol. The maximum atomic E-state index is 5.75. The number of hydrogen-bond acceptors (Lipinski definition) is 6. The Morgan fingerprint density at radius 2 is 1.12 bits per heavy atom. The van der Waals surface area contributed by atoms with E-state index in [1.807, 2.05) is 6.92 Å². The van der Waals surface area contributed by atoms with E-state index >= 15 is 0 Å². The Balaban J connectivity index is 1.75. The molecule has 0 aromatic carbocycles. The van der Waals surface area contributed by atoms with Crippen molar-refractivity contribution in [3.63, 3.8) is 0 Å². The Morgan fingerprint density at radius 1 is 0.667 bits per heavy atom. The number of rotatable bonds is 0. The standard InChI is InChI=1S/C18H14O4S2/c1-3-4-12-17-18(22-10-9-21-17)14(24-12)6-5-13-16-15(11(2)23-13)19-7-8-20-16/h7-10H2,1-2H3. The van der Waals surface area contributed by atoms with Crippen molar-refractivity contribution in [3.05, 3.63) is 19.5 Å². The maximum absolute atomic E-state index is 5.75. The van der Waals surface area contributed by atoms with Crippen LogP contribution in [-0.2, 0) is 0 Å². The molecular weight excluding hydrogens is 344 g/mol. The highest BCUT2D eigenvalue weighted by Gasteiger charge is 2.24. The van der Waals surface area contributed by atoms with Gasteiger partial charge in [-0.1, -0.05) is 5.92 Å². The van der Waals surface area contributed by atoms with E-state index < -0.39 is 0 Å². The lowest BCUT2D eigenvalue weighted by Crippen LogP contribution is -2.15. The Hall–Kier alpha value is -2.28. The van der Waals surface area contributed by atoms with E-state index in [-0.39, 0.29) is 0 Å². The van der Waals surface area contributed by atoms with Crippen LogP contribution >= 0.6 is 22.7 Å². The van der Waals surface area contributed by atoms with Crippen molar-refractivity contribution in [2.75, 3.05) is 26.4 Å². The summed E-state index contributed by atoms with van der Waals surface area (Å²) in [5.74, 6) is 15.4. The number of thiophene rings is 2. The van der Waals surface area contributed by atoms with Gasteiger partial charge in [-0.05, 0) is 25.7 Å². The number of hydrogen-bond donors (Lipinski definition) is 0. The molecule has 2 aliphatic rings. The van der Waals surface area contributed by atoms with Crippen LogP contribution in [-0.4, -0.2) is 26.4 Å². The summed E-state index contributed by atoms with van der Waals surface area (Å²) in [5, 5.41) is 0. The van der Waals surface area contributed by atoms with Gasteiger partial charge in [0.1, 0.15) is 41.1 Å². The smallest absolute Gasteiger partial charge is 0.189 e. The zero-order valence-electron chi connectivity index (χ0n) is 13.3. The van der Waals surface area contributed by atoms with E-state index in [9.17, 15) is 0 Å². The molecule has 0 unspecified atom stereocenters. The molecule has 0 atom stereocenters. The molecule has 0 N–H and O–H groups in total. The van der Waals surface area contributed by atoms with Crippen molar-refractivity contribution in [1.29, 1.82) is 0 Å². The monoisotopic (exact) mass is 358 g/mol. The van der Waals surface area contributed by atoms with Crippen molar-refractivity contribution >= 4 is 22.7 Å². The first-order chi connectivity index (χ1) is 11.8. The molecule has 24 heavy (non-hydrogen) atoms. The summed E-state index contributed by atoms with van der Waals surface area (Å²) in [5.41, 5.74) is 0. The molecule has 0 bridgehead atoms. The Kier molecular flexibility index (Phi) is 4.02. The van der Waals surface area contributed by atoms with Gasteiger partial charge in [0.25, 0.3) is 0 Å². The van der Waals surface area contributed by atoms with Crippen molar-refractivity contribution < 1.29 is 18.9 Å². The summed E-state index contributed by atoms with van der Waals surface area (Å²) in [6, 6.07) is 0. The van der Waals surface area contributed by atoms with E-state index in [1.165, 1.54) is 11.3 Å². The maximum Gasteiger partial charge on any atom is 0.189 e. The summed E-state index contributed by atoms with van der Waals surface area (Å²) in [7, 11) is 0. The van der Waals surface area contributed by atoms with E-state index in [1.54, 1.807) is 18.3 Å². The molecule has 0 spiro atoms. The summed E-state index contributed by atoms with van der Waals surface area (Å²) < 4.78 is 22.9.